The van der Waals surface area contributed by atoms with E-state index >= 15 is 0 Å². The summed E-state index contributed by atoms with van der Waals surface area (Å²) in [5.74, 6) is 0.706. The lowest BCUT2D eigenvalue weighted by Crippen LogP contribution is -2.19. The van der Waals surface area contributed by atoms with Gasteiger partial charge in [0.25, 0.3) is 0 Å². The monoisotopic (exact) mass is 203 g/mol. The van der Waals surface area contributed by atoms with E-state index in [4.69, 9.17) is 0 Å². The maximum absolute atomic E-state index is 11.3. The van der Waals surface area contributed by atoms with Gasteiger partial charge in [-0.3, -0.25) is 4.79 Å². The average Bonchev–Trinajstić information content (AvgIpc) is 2.27. The highest BCUT2D eigenvalue weighted by Gasteiger charge is 2.15. The van der Waals surface area contributed by atoms with Crippen molar-refractivity contribution < 1.29 is 4.79 Å². The molecular formula is C13H17NO. The number of carbonyl (C=O) groups excluding carboxylic acids is 1. The minimum absolute atomic E-state index is 0.142. The number of amides is 1. The molecule has 0 aliphatic carbocycles. The Morgan fingerprint density at radius 1 is 1.40 bits per heavy atom. The molecule has 0 aromatic heterocycles. The Balaban J connectivity index is 2.32. The quantitative estimate of drug-likeness (QED) is 0.786. The normalized spacial score (nSPS) is 16.8. The van der Waals surface area contributed by atoms with Gasteiger partial charge in [-0.1, -0.05) is 26.0 Å². The van der Waals surface area contributed by atoms with Gasteiger partial charge >= 0.3 is 0 Å². The fourth-order valence-corrected chi connectivity index (χ4v) is 1.93. The van der Waals surface area contributed by atoms with Gasteiger partial charge in [-0.05, 0) is 36.0 Å². The summed E-state index contributed by atoms with van der Waals surface area (Å²) in [6.45, 7) is 4.40. The maximum atomic E-state index is 11.3. The number of hydrogen-bond acceptors (Lipinski definition) is 1. The number of fused-ring (bicyclic) bond motifs is 1. The lowest BCUT2D eigenvalue weighted by molar-refractivity contribution is -0.116. The highest BCUT2D eigenvalue weighted by Crippen LogP contribution is 2.28. The minimum Gasteiger partial charge on any atom is -0.326 e. The van der Waals surface area contributed by atoms with Crippen molar-refractivity contribution >= 4 is 11.6 Å². The van der Waals surface area contributed by atoms with Crippen LogP contribution in [0.15, 0.2) is 18.2 Å². The molecule has 0 saturated carbocycles. The molecule has 0 saturated heterocycles. The summed E-state index contributed by atoms with van der Waals surface area (Å²) in [4.78, 5) is 11.3. The average molecular weight is 203 g/mol. The van der Waals surface area contributed by atoms with Gasteiger partial charge in [0.1, 0.15) is 0 Å². The van der Waals surface area contributed by atoms with Crippen LogP contribution in [-0.2, 0) is 11.2 Å². The van der Waals surface area contributed by atoms with Crippen LogP contribution in [0.2, 0.25) is 0 Å². The van der Waals surface area contributed by atoms with E-state index in [1.165, 1.54) is 11.1 Å². The molecule has 2 rings (SSSR count). The largest absolute Gasteiger partial charge is 0.326 e. The maximum Gasteiger partial charge on any atom is 0.224 e. The summed E-state index contributed by atoms with van der Waals surface area (Å²) in [7, 11) is 0. The molecule has 1 heterocycles. The lowest BCUT2D eigenvalue weighted by Gasteiger charge is -2.19. The van der Waals surface area contributed by atoms with Crippen LogP contribution in [0.1, 0.15) is 43.7 Å². The molecule has 15 heavy (non-hydrogen) atoms. The minimum atomic E-state index is 0.142. The van der Waals surface area contributed by atoms with Crippen LogP contribution in [0.4, 0.5) is 5.69 Å². The summed E-state index contributed by atoms with van der Waals surface area (Å²) in [6.07, 6.45) is 2.63. The summed E-state index contributed by atoms with van der Waals surface area (Å²) in [5.41, 5.74) is 3.60. The van der Waals surface area contributed by atoms with Crippen molar-refractivity contribution in [3.63, 3.8) is 0 Å². The first kappa shape index (κ1) is 10.2. The molecule has 0 spiro atoms. The van der Waals surface area contributed by atoms with Crippen molar-refractivity contribution in [1.82, 2.24) is 0 Å². The first-order valence-corrected chi connectivity index (χ1v) is 5.63. The van der Waals surface area contributed by atoms with Gasteiger partial charge in [-0.25, -0.2) is 0 Å². The van der Waals surface area contributed by atoms with Crippen LogP contribution in [-0.4, -0.2) is 5.91 Å². The van der Waals surface area contributed by atoms with Crippen molar-refractivity contribution in [3.05, 3.63) is 29.3 Å². The van der Waals surface area contributed by atoms with Crippen molar-refractivity contribution in [2.75, 3.05) is 5.32 Å². The zero-order chi connectivity index (χ0) is 10.8. The number of rotatable bonds is 2. The van der Waals surface area contributed by atoms with Gasteiger partial charge in [0.15, 0.2) is 0 Å². The molecule has 1 aliphatic rings. The van der Waals surface area contributed by atoms with Crippen LogP contribution < -0.4 is 5.32 Å². The number of carbonyl (C=O) groups is 1. The summed E-state index contributed by atoms with van der Waals surface area (Å²) in [5, 5.41) is 2.94. The Bertz CT molecular complexity index is 384. The van der Waals surface area contributed by atoms with E-state index in [0.29, 0.717) is 12.3 Å². The molecule has 0 radical (unpaired) electrons. The molecule has 80 valence electrons. The first-order valence-electron chi connectivity index (χ1n) is 5.63. The van der Waals surface area contributed by atoms with Crippen molar-refractivity contribution in [3.8, 4) is 0 Å². The number of hydrogen-bond donors (Lipinski definition) is 1. The van der Waals surface area contributed by atoms with Gasteiger partial charge in [0.05, 0.1) is 0 Å². The Morgan fingerprint density at radius 2 is 2.20 bits per heavy atom. The highest BCUT2D eigenvalue weighted by molar-refractivity contribution is 5.93. The SMILES string of the molecule is CCC(C)c1ccc2c(c1)NC(=O)CC2. The predicted octanol–water partition coefficient (Wildman–Crippen LogP) is 3.08. The summed E-state index contributed by atoms with van der Waals surface area (Å²) < 4.78 is 0. The van der Waals surface area contributed by atoms with Gasteiger partial charge in [-0.15, -0.1) is 0 Å². The van der Waals surface area contributed by atoms with Gasteiger partial charge in [0.2, 0.25) is 5.91 Å². The van der Waals surface area contributed by atoms with Gasteiger partial charge in [-0.2, -0.15) is 0 Å². The van der Waals surface area contributed by atoms with E-state index in [9.17, 15) is 4.79 Å². The molecule has 0 bridgehead atoms. The van der Waals surface area contributed by atoms with E-state index in [0.717, 1.165) is 18.5 Å². The number of anilines is 1. The Morgan fingerprint density at radius 3 is 2.93 bits per heavy atom. The van der Waals surface area contributed by atoms with E-state index in [1.54, 1.807) is 0 Å². The third-order valence-electron chi connectivity index (χ3n) is 3.21. The number of benzene rings is 1. The first-order chi connectivity index (χ1) is 7.20. The molecule has 1 atom stereocenters. The molecule has 1 unspecified atom stereocenters. The lowest BCUT2D eigenvalue weighted by atomic mass is 9.94. The molecule has 2 nitrogen and oxygen atoms in total. The third-order valence-corrected chi connectivity index (χ3v) is 3.21. The van der Waals surface area contributed by atoms with Crippen molar-refractivity contribution in [2.24, 2.45) is 0 Å². The van der Waals surface area contributed by atoms with E-state index < -0.39 is 0 Å². The van der Waals surface area contributed by atoms with E-state index in [1.807, 2.05) is 0 Å². The smallest absolute Gasteiger partial charge is 0.224 e. The Hall–Kier alpha value is -1.31. The van der Waals surface area contributed by atoms with Crippen molar-refractivity contribution in [1.29, 1.82) is 0 Å². The van der Waals surface area contributed by atoms with Gasteiger partial charge in [0, 0.05) is 12.1 Å². The molecule has 1 aromatic rings. The van der Waals surface area contributed by atoms with Crippen LogP contribution in [0.3, 0.4) is 0 Å². The molecule has 1 aliphatic heterocycles. The zero-order valence-electron chi connectivity index (χ0n) is 9.34. The second-order valence-electron chi connectivity index (χ2n) is 4.27. The topological polar surface area (TPSA) is 29.1 Å². The van der Waals surface area contributed by atoms with Crippen LogP contribution >= 0.6 is 0 Å². The summed E-state index contributed by atoms with van der Waals surface area (Å²) >= 11 is 0. The fourth-order valence-electron chi connectivity index (χ4n) is 1.93. The number of aryl methyl sites for hydroxylation is 1. The Labute approximate surface area is 90.7 Å². The molecule has 2 heteroatoms. The molecule has 0 fully saturated rings. The Kier molecular flexibility index (Phi) is 2.76. The standard InChI is InChI=1S/C13H17NO/c1-3-9(2)11-5-4-10-6-7-13(15)14-12(10)8-11/h4-5,8-9H,3,6-7H2,1-2H3,(H,14,15). The van der Waals surface area contributed by atoms with Crippen LogP contribution in [0, 0.1) is 0 Å². The zero-order valence-corrected chi connectivity index (χ0v) is 9.34. The van der Waals surface area contributed by atoms with Crippen LogP contribution in [0.25, 0.3) is 0 Å². The van der Waals surface area contributed by atoms with E-state index in [-0.39, 0.29) is 5.91 Å². The number of nitrogens with one attached hydrogen (secondary N) is 1. The second kappa shape index (κ2) is 4.05. The molecule has 1 N–H and O–H groups in total. The molecule has 1 aromatic carbocycles. The van der Waals surface area contributed by atoms with E-state index in [2.05, 4.69) is 37.4 Å². The summed E-state index contributed by atoms with van der Waals surface area (Å²) in [6, 6.07) is 6.46. The highest BCUT2D eigenvalue weighted by atomic mass is 16.1. The van der Waals surface area contributed by atoms with Crippen molar-refractivity contribution in [2.45, 2.75) is 39.0 Å². The molecule has 1 amide bonds. The molecular weight excluding hydrogens is 186 g/mol. The predicted molar refractivity (Wildman–Crippen MR) is 62.1 cm³/mol. The van der Waals surface area contributed by atoms with Gasteiger partial charge < -0.3 is 5.32 Å². The third kappa shape index (κ3) is 2.04. The second-order valence-corrected chi connectivity index (χ2v) is 4.27. The van der Waals surface area contributed by atoms with Crippen LogP contribution in [0.5, 0.6) is 0 Å². The fraction of sp³-hybridized carbons (Fsp3) is 0.462.